The van der Waals surface area contributed by atoms with Gasteiger partial charge >= 0.3 is 18.0 Å². The lowest BCUT2D eigenvalue weighted by molar-refractivity contribution is -0.146. The van der Waals surface area contributed by atoms with Crippen LogP contribution in [0.15, 0.2) is 24.5 Å². The Labute approximate surface area is 197 Å². The second-order valence-electron chi connectivity index (χ2n) is 7.55. The van der Waals surface area contributed by atoms with Crippen LogP contribution in [0.4, 0.5) is 4.79 Å². The number of carbonyl (C=O) groups excluding carboxylic acids is 3. The van der Waals surface area contributed by atoms with Crippen molar-refractivity contribution in [2.45, 2.75) is 45.4 Å². The van der Waals surface area contributed by atoms with Gasteiger partial charge in [0.05, 0.1) is 18.6 Å². The van der Waals surface area contributed by atoms with Crippen molar-refractivity contribution >= 4 is 39.6 Å². The molecule has 1 aliphatic rings. The fraction of sp³-hybridized carbons (Fsp3) is 0.636. The van der Waals surface area contributed by atoms with E-state index < -0.39 is 6.09 Å². The topological polar surface area (TPSA) is 104 Å². The predicted octanol–water partition coefficient (Wildman–Crippen LogP) is 4.25. The Kier molecular flexibility index (Phi) is 12.3. The van der Waals surface area contributed by atoms with Gasteiger partial charge < -0.3 is 19.5 Å². The fourth-order valence-corrected chi connectivity index (χ4v) is 5.22. The summed E-state index contributed by atoms with van der Waals surface area (Å²) in [5.41, 5.74) is 0.197. The molecule has 0 saturated heterocycles. The minimum atomic E-state index is -0.463. The van der Waals surface area contributed by atoms with Gasteiger partial charge in [0.15, 0.2) is 0 Å². The Morgan fingerprint density at radius 2 is 1.78 bits per heavy atom. The third-order valence-electron chi connectivity index (χ3n) is 5.13. The molecule has 1 fully saturated rings. The number of hydrogen-bond donors (Lipinski definition) is 1. The van der Waals surface area contributed by atoms with Crippen LogP contribution in [0.1, 0.15) is 55.8 Å². The Morgan fingerprint density at radius 3 is 2.44 bits per heavy atom. The molecule has 1 heterocycles. The van der Waals surface area contributed by atoms with E-state index in [4.69, 9.17) is 14.2 Å². The zero-order valence-corrected chi connectivity index (χ0v) is 20.1. The molecule has 1 amide bonds. The first-order chi connectivity index (χ1) is 15.5. The van der Waals surface area contributed by atoms with Crippen LogP contribution in [0.3, 0.4) is 0 Å². The maximum atomic E-state index is 12.1. The Hall–Kier alpha value is -1.94. The summed E-state index contributed by atoms with van der Waals surface area (Å²) >= 11 is 0. The molecule has 0 bridgehead atoms. The standard InChI is InChI=1S/C22H32N2O6S2/c1-2-28-19(25)15-22(8-4-3-5-9-22)17-24-21(27)30-12-14-32-31-13-11-29-20(26)18-7-6-10-23-16-18/h6-7,10,16H,2-5,8-9,11-15,17H2,1H3,(H,24,27). The summed E-state index contributed by atoms with van der Waals surface area (Å²) in [5, 5.41) is 2.83. The Bertz CT molecular complexity index is 714. The van der Waals surface area contributed by atoms with Crippen LogP contribution in [-0.2, 0) is 19.0 Å². The van der Waals surface area contributed by atoms with Crippen molar-refractivity contribution in [3.05, 3.63) is 30.1 Å². The van der Waals surface area contributed by atoms with Gasteiger partial charge in [0, 0.05) is 30.4 Å². The molecule has 178 valence electrons. The van der Waals surface area contributed by atoms with E-state index in [2.05, 4.69) is 10.3 Å². The normalized spacial score (nSPS) is 14.9. The summed E-state index contributed by atoms with van der Waals surface area (Å²) in [4.78, 5) is 39.7. The largest absolute Gasteiger partial charge is 0.466 e. The minimum Gasteiger partial charge on any atom is -0.466 e. The minimum absolute atomic E-state index is 0.205. The average Bonchev–Trinajstić information content (AvgIpc) is 2.80. The first-order valence-electron chi connectivity index (χ1n) is 10.9. The molecule has 1 aliphatic carbocycles. The number of hydrogen-bond acceptors (Lipinski definition) is 9. The molecule has 0 unspecified atom stereocenters. The van der Waals surface area contributed by atoms with Crippen LogP contribution in [0.5, 0.6) is 0 Å². The lowest BCUT2D eigenvalue weighted by Crippen LogP contribution is -2.41. The van der Waals surface area contributed by atoms with Gasteiger partial charge in [-0.2, -0.15) is 0 Å². The third-order valence-corrected chi connectivity index (χ3v) is 7.46. The van der Waals surface area contributed by atoms with Crippen molar-refractivity contribution < 1.29 is 28.6 Å². The van der Waals surface area contributed by atoms with Crippen molar-refractivity contribution in [2.75, 3.05) is 37.9 Å². The number of pyridine rings is 1. The van der Waals surface area contributed by atoms with Gasteiger partial charge in [-0.1, -0.05) is 40.9 Å². The fourth-order valence-electron chi connectivity index (χ4n) is 3.57. The quantitative estimate of drug-likeness (QED) is 0.190. The van der Waals surface area contributed by atoms with Crippen molar-refractivity contribution in [1.29, 1.82) is 0 Å². The highest BCUT2D eigenvalue weighted by Gasteiger charge is 2.35. The Balaban J connectivity index is 1.54. The smallest absolute Gasteiger partial charge is 0.407 e. The molecule has 0 aromatic carbocycles. The molecule has 0 aliphatic heterocycles. The lowest BCUT2D eigenvalue weighted by atomic mass is 9.72. The van der Waals surface area contributed by atoms with Crippen LogP contribution in [0.25, 0.3) is 0 Å². The third kappa shape index (κ3) is 10.1. The summed E-state index contributed by atoms with van der Waals surface area (Å²) in [6, 6.07) is 3.35. The molecule has 10 heteroatoms. The number of nitrogens with zero attached hydrogens (tertiary/aromatic N) is 1. The number of ether oxygens (including phenoxy) is 3. The average molecular weight is 485 g/mol. The van der Waals surface area contributed by atoms with E-state index >= 15 is 0 Å². The number of esters is 2. The van der Waals surface area contributed by atoms with Crippen LogP contribution >= 0.6 is 21.6 Å². The van der Waals surface area contributed by atoms with Crippen molar-refractivity contribution in [3.63, 3.8) is 0 Å². The van der Waals surface area contributed by atoms with Gasteiger partial charge in [0.25, 0.3) is 0 Å². The second kappa shape index (κ2) is 15.0. The highest BCUT2D eigenvalue weighted by Crippen LogP contribution is 2.39. The zero-order valence-electron chi connectivity index (χ0n) is 18.5. The molecule has 32 heavy (non-hydrogen) atoms. The van der Waals surface area contributed by atoms with E-state index in [1.54, 1.807) is 46.8 Å². The molecule has 1 aromatic rings. The summed E-state index contributed by atoms with van der Waals surface area (Å²) in [7, 11) is 3.10. The lowest BCUT2D eigenvalue weighted by Gasteiger charge is -2.36. The summed E-state index contributed by atoms with van der Waals surface area (Å²) in [6.07, 6.45) is 8.03. The molecule has 1 saturated carbocycles. The maximum Gasteiger partial charge on any atom is 0.407 e. The van der Waals surface area contributed by atoms with E-state index in [1.165, 1.54) is 6.20 Å². The van der Waals surface area contributed by atoms with Gasteiger partial charge in [-0.05, 0) is 37.3 Å². The van der Waals surface area contributed by atoms with Gasteiger partial charge in [0.2, 0.25) is 0 Å². The predicted molar refractivity (Wildman–Crippen MR) is 126 cm³/mol. The van der Waals surface area contributed by atoms with Crippen LogP contribution < -0.4 is 5.32 Å². The number of carbonyl (C=O) groups is 3. The molecule has 0 spiro atoms. The van der Waals surface area contributed by atoms with Gasteiger partial charge in [-0.25, -0.2) is 9.59 Å². The highest BCUT2D eigenvalue weighted by molar-refractivity contribution is 8.76. The van der Waals surface area contributed by atoms with E-state index in [9.17, 15) is 14.4 Å². The monoisotopic (exact) mass is 484 g/mol. The number of amides is 1. The van der Waals surface area contributed by atoms with Gasteiger partial charge in [-0.15, -0.1) is 0 Å². The first-order valence-corrected chi connectivity index (χ1v) is 13.4. The second-order valence-corrected chi connectivity index (χ2v) is 10.3. The molecular weight excluding hydrogens is 452 g/mol. The van der Waals surface area contributed by atoms with Gasteiger partial charge in [0.1, 0.15) is 13.2 Å². The molecule has 0 atom stereocenters. The SMILES string of the molecule is CCOC(=O)CC1(CNC(=O)OCCSSCCOC(=O)c2cccnc2)CCCCC1. The number of alkyl carbamates (subject to hydrolysis) is 1. The van der Waals surface area contributed by atoms with Crippen LogP contribution in [0, 0.1) is 5.41 Å². The van der Waals surface area contributed by atoms with E-state index in [-0.39, 0.29) is 24.0 Å². The molecule has 1 aromatic heterocycles. The molecular formula is C22H32N2O6S2. The maximum absolute atomic E-state index is 12.1. The highest BCUT2D eigenvalue weighted by atomic mass is 33.1. The molecule has 0 radical (unpaired) electrons. The van der Waals surface area contributed by atoms with Gasteiger partial charge in [-0.3, -0.25) is 9.78 Å². The molecule has 8 nitrogen and oxygen atoms in total. The summed E-state index contributed by atoms with van der Waals surface area (Å²) in [6.45, 7) is 3.17. The van der Waals surface area contributed by atoms with E-state index in [1.807, 2.05) is 0 Å². The molecule has 1 N–H and O–H groups in total. The van der Waals surface area contributed by atoms with Crippen molar-refractivity contribution in [1.82, 2.24) is 10.3 Å². The Morgan fingerprint density at radius 1 is 1.06 bits per heavy atom. The van der Waals surface area contributed by atoms with Crippen LogP contribution in [0.2, 0.25) is 0 Å². The van der Waals surface area contributed by atoms with Crippen LogP contribution in [-0.4, -0.2) is 60.9 Å². The number of rotatable bonds is 13. The van der Waals surface area contributed by atoms with E-state index in [0.29, 0.717) is 43.2 Å². The number of aromatic nitrogens is 1. The number of nitrogens with one attached hydrogen (secondary N) is 1. The van der Waals surface area contributed by atoms with Crippen molar-refractivity contribution in [2.24, 2.45) is 5.41 Å². The summed E-state index contributed by atoms with van der Waals surface area (Å²) in [5.74, 6) is 0.675. The summed E-state index contributed by atoms with van der Waals surface area (Å²) < 4.78 is 15.5. The molecule has 2 rings (SSSR count). The zero-order chi connectivity index (χ0) is 23.1. The first kappa shape index (κ1) is 26.3. The van der Waals surface area contributed by atoms with Crippen molar-refractivity contribution in [3.8, 4) is 0 Å². The van der Waals surface area contributed by atoms with E-state index in [0.717, 1.165) is 32.1 Å².